The van der Waals surface area contributed by atoms with Gasteiger partial charge < -0.3 is 10.1 Å². The Morgan fingerprint density at radius 2 is 2.05 bits per heavy atom. The van der Waals surface area contributed by atoms with Gasteiger partial charge in [0.05, 0.1) is 18.4 Å². The van der Waals surface area contributed by atoms with Crippen molar-refractivity contribution < 1.29 is 9.53 Å². The van der Waals surface area contributed by atoms with Crippen LogP contribution in [0.1, 0.15) is 21.5 Å². The van der Waals surface area contributed by atoms with Crippen molar-refractivity contribution in [1.82, 2.24) is 4.98 Å². The highest BCUT2D eigenvalue weighted by Gasteiger charge is 2.12. The van der Waals surface area contributed by atoms with Crippen LogP contribution in [0.4, 0.5) is 5.69 Å². The van der Waals surface area contributed by atoms with Crippen LogP contribution in [0.25, 0.3) is 0 Å². The van der Waals surface area contributed by atoms with Crippen LogP contribution in [-0.4, -0.2) is 18.0 Å². The molecule has 0 saturated carbocycles. The van der Waals surface area contributed by atoms with Gasteiger partial charge in [-0.3, -0.25) is 9.78 Å². The lowest BCUT2D eigenvalue weighted by Crippen LogP contribution is -2.13. The molecule has 2 rings (SSSR count). The standard InChI is InChI=1S/C15H16N2O2.ClH/c1-10-7-11(2)14(19-3)13(8-10)17-15(18)12-5-4-6-16-9-12;/h4-9H,1-3H3,(H,17,18);1H. The largest absolute Gasteiger partial charge is 0.494 e. The van der Waals surface area contributed by atoms with E-state index in [1.54, 1.807) is 25.4 Å². The average molecular weight is 293 g/mol. The Kier molecular flexibility index (Phi) is 5.53. The molecule has 1 N–H and O–H groups in total. The number of hydrogen-bond acceptors (Lipinski definition) is 3. The number of nitrogens with zero attached hydrogens (tertiary/aromatic N) is 1. The van der Waals surface area contributed by atoms with Gasteiger partial charge in [-0.1, -0.05) is 6.07 Å². The molecule has 20 heavy (non-hydrogen) atoms. The van der Waals surface area contributed by atoms with Crippen LogP contribution in [0.15, 0.2) is 36.7 Å². The number of hydrogen-bond donors (Lipinski definition) is 1. The Labute approximate surface area is 124 Å². The van der Waals surface area contributed by atoms with Crippen molar-refractivity contribution in [2.45, 2.75) is 13.8 Å². The van der Waals surface area contributed by atoms with Gasteiger partial charge in [-0.2, -0.15) is 0 Å². The molecule has 1 aromatic heterocycles. The Bertz CT molecular complexity index is 600. The van der Waals surface area contributed by atoms with Crippen molar-refractivity contribution >= 4 is 24.0 Å². The number of benzene rings is 1. The number of aryl methyl sites for hydroxylation is 2. The molecule has 0 unspecified atom stereocenters. The summed E-state index contributed by atoms with van der Waals surface area (Å²) in [4.78, 5) is 16.0. The first kappa shape index (κ1) is 16.0. The van der Waals surface area contributed by atoms with Crippen LogP contribution in [-0.2, 0) is 0 Å². The van der Waals surface area contributed by atoms with Crippen molar-refractivity contribution in [1.29, 1.82) is 0 Å². The summed E-state index contributed by atoms with van der Waals surface area (Å²) in [5.74, 6) is 0.485. The van der Waals surface area contributed by atoms with E-state index in [1.807, 2.05) is 26.0 Å². The molecular weight excluding hydrogens is 276 g/mol. The summed E-state index contributed by atoms with van der Waals surface area (Å²) in [6.07, 6.45) is 3.17. The van der Waals surface area contributed by atoms with Crippen LogP contribution in [0.5, 0.6) is 5.75 Å². The fourth-order valence-electron chi connectivity index (χ4n) is 2.01. The minimum Gasteiger partial charge on any atom is -0.494 e. The molecule has 0 atom stereocenters. The van der Waals surface area contributed by atoms with Crippen LogP contribution in [0.3, 0.4) is 0 Å². The van der Waals surface area contributed by atoms with E-state index in [4.69, 9.17) is 4.74 Å². The molecule has 0 spiro atoms. The van der Waals surface area contributed by atoms with Crippen LogP contribution in [0, 0.1) is 13.8 Å². The van der Waals surface area contributed by atoms with Crippen molar-refractivity contribution in [3.05, 3.63) is 53.3 Å². The maximum Gasteiger partial charge on any atom is 0.257 e. The number of nitrogens with one attached hydrogen (secondary N) is 1. The van der Waals surface area contributed by atoms with E-state index in [-0.39, 0.29) is 18.3 Å². The zero-order valence-electron chi connectivity index (χ0n) is 11.6. The second-order valence-electron chi connectivity index (χ2n) is 4.36. The number of rotatable bonds is 3. The number of carbonyl (C=O) groups excluding carboxylic acids is 1. The van der Waals surface area contributed by atoms with E-state index in [1.165, 1.54) is 6.20 Å². The van der Waals surface area contributed by atoms with E-state index >= 15 is 0 Å². The molecule has 2 aromatic rings. The first-order chi connectivity index (χ1) is 9.11. The highest BCUT2D eigenvalue weighted by Crippen LogP contribution is 2.30. The molecule has 4 nitrogen and oxygen atoms in total. The van der Waals surface area contributed by atoms with Gasteiger partial charge in [0.1, 0.15) is 5.75 Å². The van der Waals surface area contributed by atoms with Crippen LogP contribution in [0.2, 0.25) is 0 Å². The molecule has 5 heteroatoms. The lowest BCUT2D eigenvalue weighted by atomic mass is 10.1. The molecule has 0 aliphatic heterocycles. The quantitative estimate of drug-likeness (QED) is 0.943. The van der Waals surface area contributed by atoms with Crippen molar-refractivity contribution in [3.63, 3.8) is 0 Å². The molecule has 1 heterocycles. The SMILES string of the molecule is COc1c(C)cc(C)cc1NC(=O)c1cccnc1.Cl. The zero-order chi connectivity index (χ0) is 13.8. The van der Waals surface area contributed by atoms with E-state index in [0.29, 0.717) is 17.0 Å². The third-order valence-corrected chi connectivity index (χ3v) is 2.80. The van der Waals surface area contributed by atoms with Gasteiger partial charge >= 0.3 is 0 Å². The number of amides is 1. The van der Waals surface area contributed by atoms with Crippen molar-refractivity contribution in [2.75, 3.05) is 12.4 Å². The highest BCUT2D eigenvalue weighted by atomic mass is 35.5. The molecule has 0 saturated heterocycles. The van der Waals surface area contributed by atoms with Gasteiger partial charge in [0.15, 0.2) is 0 Å². The first-order valence-electron chi connectivity index (χ1n) is 5.98. The topological polar surface area (TPSA) is 51.2 Å². The van der Waals surface area contributed by atoms with Gasteiger partial charge in [0, 0.05) is 12.4 Å². The van der Waals surface area contributed by atoms with Gasteiger partial charge in [0.2, 0.25) is 0 Å². The van der Waals surface area contributed by atoms with Gasteiger partial charge in [-0.25, -0.2) is 0 Å². The van der Waals surface area contributed by atoms with Gasteiger partial charge in [0.25, 0.3) is 5.91 Å². The van der Waals surface area contributed by atoms with Crippen molar-refractivity contribution in [2.24, 2.45) is 0 Å². The zero-order valence-corrected chi connectivity index (χ0v) is 12.5. The Hall–Kier alpha value is -2.07. The number of aromatic nitrogens is 1. The molecule has 0 fully saturated rings. The third kappa shape index (κ3) is 3.48. The summed E-state index contributed by atoms with van der Waals surface area (Å²) < 4.78 is 5.34. The molecule has 1 amide bonds. The summed E-state index contributed by atoms with van der Waals surface area (Å²) in [7, 11) is 1.59. The molecule has 0 aliphatic rings. The van der Waals surface area contributed by atoms with Gasteiger partial charge in [-0.05, 0) is 43.2 Å². The molecule has 1 aromatic carbocycles. The normalized spacial score (nSPS) is 9.55. The van der Waals surface area contributed by atoms with Gasteiger partial charge in [-0.15, -0.1) is 12.4 Å². The lowest BCUT2D eigenvalue weighted by molar-refractivity contribution is 0.102. The summed E-state index contributed by atoms with van der Waals surface area (Å²) in [6, 6.07) is 7.35. The summed E-state index contributed by atoms with van der Waals surface area (Å²) in [5, 5.41) is 2.86. The number of ether oxygens (including phenoxy) is 1. The predicted molar refractivity (Wildman–Crippen MR) is 81.9 cm³/mol. The smallest absolute Gasteiger partial charge is 0.257 e. The lowest BCUT2D eigenvalue weighted by Gasteiger charge is -2.13. The average Bonchev–Trinajstić information content (AvgIpc) is 2.39. The maximum atomic E-state index is 12.1. The summed E-state index contributed by atoms with van der Waals surface area (Å²) in [5.41, 5.74) is 3.25. The third-order valence-electron chi connectivity index (χ3n) is 2.80. The number of pyridine rings is 1. The minimum atomic E-state index is -0.198. The van der Waals surface area contributed by atoms with Crippen LogP contribution < -0.4 is 10.1 Å². The monoisotopic (exact) mass is 292 g/mol. The fraction of sp³-hybridized carbons (Fsp3) is 0.200. The molecule has 0 bridgehead atoms. The number of anilines is 1. The second kappa shape index (κ2) is 6.91. The molecular formula is C15H17ClN2O2. The Morgan fingerprint density at radius 1 is 1.30 bits per heavy atom. The Balaban J connectivity index is 0.00000200. The van der Waals surface area contributed by atoms with Crippen LogP contribution >= 0.6 is 12.4 Å². The highest BCUT2D eigenvalue weighted by molar-refractivity contribution is 6.05. The molecule has 0 radical (unpaired) electrons. The maximum absolute atomic E-state index is 12.1. The van der Waals surface area contributed by atoms with E-state index in [9.17, 15) is 4.79 Å². The van der Waals surface area contributed by atoms with E-state index < -0.39 is 0 Å². The minimum absolute atomic E-state index is 0. The number of halogens is 1. The van der Waals surface area contributed by atoms with E-state index in [0.717, 1.165) is 11.1 Å². The fourth-order valence-corrected chi connectivity index (χ4v) is 2.01. The first-order valence-corrected chi connectivity index (χ1v) is 5.98. The second-order valence-corrected chi connectivity index (χ2v) is 4.36. The summed E-state index contributed by atoms with van der Waals surface area (Å²) in [6.45, 7) is 3.93. The number of carbonyl (C=O) groups is 1. The van der Waals surface area contributed by atoms with E-state index in [2.05, 4.69) is 10.3 Å². The number of methoxy groups -OCH3 is 1. The molecule has 106 valence electrons. The summed E-state index contributed by atoms with van der Waals surface area (Å²) >= 11 is 0. The van der Waals surface area contributed by atoms with Crippen molar-refractivity contribution in [3.8, 4) is 5.75 Å². The molecule has 0 aliphatic carbocycles. The predicted octanol–water partition coefficient (Wildman–Crippen LogP) is 3.38. The Morgan fingerprint density at radius 3 is 2.65 bits per heavy atom.